The van der Waals surface area contributed by atoms with Gasteiger partial charge in [0.05, 0.1) is 6.54 Å². The van der Waals surface area contributed by atoms with Crippen molar-refractivity contribution in [1.82, 2.24) is 25.4 Å². The Kier molecular flexibility index (Phi) is 10.3. The molecule has 0 amide bonds. The van der Waals surface area contributed by atoms with Crippen LogP contribution < -0.4 is 15.4 Å². The zero-order valence-corrected chi connectivity index (χ0v) is 19.9. The molecule has 2 aromatic rings. The lowest BCUT2D eigenvalue weighted by Gasteiger charge is -2.19. The number of nitrogens with one attached hydrogen (secondary N) is 2. The van der Waals surface area contributed by atoms with E-state index in [9.17, 15) is 0 Å². The molecule has 0 spiro atoms. The van der Waals surface area contributed by atoms with E-state index in [1.165, 1.54) is 5.56 Å². The highest BCUT2D eigenvalue weighted by Gasteiger charge is 2.12. The smallest absolute Gasteiger partial charge is 0.191 e. The van der Waals surface area contributed by atoms with Gasteiger partial charge in [-0.3, -0.25) is 4.99 Å². The summed E-state index contributed by atoms with van der Waals surface area (Å²) in [4.78, 5) is 4.23. The fourth-order valence-corrected chi connectivity index (χ4v) is 2.64. The summed E-state index contributed by atoms with van der Waals surface area (Å²) >= 11 is 0. The van der Waals surface area contributed by atoms with Crippen molar-refractivity contribution in [2.45, 2.75) is 46.1 Å². The van der Waals surface area contributed by atoms with Crippen LogP contribution in [-0.4, -0.2) is 47.5 Å². The molecule has 2 N–H and O–H groups in total. The summed E-state index contributed by atoms with van der Waals surface area (Å²) in [6, 6.07) is 8.30. The van der Waals surface area contributed by atoms with Crippen LogP contribution in [-0.2, 0) is 18.4 Å². The number of aryl methyl sites for hydroxylation is 1. The van der Waals surface area contributed by atoms with Crippen LogP contribution in [0, 0.1) is 0 Å². The maximum absolute atomic E-state index is 5.80. The Morgan fingerprint density at radius 3 is 2.43 bits per heavy atom. The van der Waals surface area contributed by atoms with E-state index in [1.807, 2.05) is 16.7 Å². The number of halogens is 1. The number of aliphatic imine (C=N–C) groups is 1. The van der Waals surface area contributed by atoms with Crippen molar-refractivity contribution in [1.29, 1.82) is 0 Å². The number of aromatic nitrogens is 3. The average Bonchev–Trinajstić information content (AvgIpc) is 3.10. The van der Waals surface area contributed by atoms with Crippen LogP contribution in [0.15, 0.2) is 35.6 Å². The third-order valence-electron chi connectivity index (χ3n) is 4.26. The normalized spacial score (nSPS) is 11.7. The molecule has 0 aliphatic heterocycles. The first-order valence-electron chi connectivity index (χ1n) is 9.48. The summed E-state index contributed by atoms with van der Waals surface area (Å²) in [5.41, 5.74) is 1.46. The molecule has 0 aliphatic rings. The van der Waals surface area contributed by atoms with Crippen molar-refractivity contribution in [3.63, 3.8) is 0 Å². The molecule has 7 nitrogen and oxygen atoms in total. The van der Waals surface area contributed by atoms with Gasteiger partial charge in [0.15, 0.2) is 5.96 Å². The van der Waals surface area contributed by atoms with Crippen molar-refractivity contribution < 1.29 is 4.74 Å². The van der Waals surface area contributed by atoms with E-state index >= 15 is 0 Å². The molecule has 156 valence electrons. The molecule has 8 heteroatoms. The lowest BCUT2D eigenvalue weighted by Crippen LogP contribution is -2.40. The van der Waals surface area contributed by atoms with Crippen molar-refractivity contribution in [3.8, 4) is 5.75 Å². The van der Waals surface area contributed by atoms with Crippen LogP contribution in [0.5, 0.6) is 5.75 Å². The molecular formula is C20H33IN6O. The predicted octanol–water partition coefficient (Wildman–Crippen LogP) is 3.00. The van der Waals surface area contributed by atoms with Gasteiger partial charge in [-0.15, -0.1) is 34.2 Å². The molecule has 0 atom stereocenters. The quantitative estimate of drug-likeness (QED) is 0.252. The van der Waals surface area contributed by atoms with Gasteiger partial charge in [-0.1, -0.05) is 39.8 Å². The van der Waals surface area contributed by atoms with Gasteiger partial charge < -0.3 is 19.9 Å². The van der Waals surface area contributed by atoms with Gasteiger partial charge in [-0.25, -0.2) is 0 Å². The van der Waals surface area contributed by atoms with Crippen LogP contribution in [0.1, 0.15) is 39.1 Å². The van der Waals surface area contributed by atoms with Crippen molar-refractivity contribution in [2.75, 3.05) is 26.7 Å². The summed E-state index contributed by atoms with van der Waals surface area (Å²) in [5.74, 6) is 2.63. The lowest BCUT2D eigenvalue weighted by molar-refractivity contribution is 0.321. The van der Waals surface area contributed by atoms with Crippen LogP contribution >= 0.6 is 24.0 Å². The number of rotatable bonds is 8. The molecule has 0 fully saturated rings. The van der Waals surface area contributed by atoms with E-state index < -0.39 is 0 Å². The second kappa shape index (κ2) is 11.9. The maximum Gasteiger partial charge on any atom is 0.191 e. The van der Waals surface area contributed by atoms with Crippen LogP contribution in [0.25, 0.3) is 0 Å². The second-order valence-electron chi connectivity index (χ2n) is 7.34. The largest absolute Gasteiger partial charge is 0.492 e. The van der Waals surface area contributed by atoms with Gasteiger partial charge in [0.1, 0.15) is 24.5 Å². The lowest BCUT2D eigenvalue weighted by atomic mass is 9.87. The molecule has 28 heavy (non-hydrogen) atoms. The number of hydrogen-bond donors (Lipinski definition) is 2. The van der Waals surface area contributed by atoms with Crippen molar-refractivity contribution in [3.05, 3.63) is 42.0 Å². The van der Waals surface area contributed by atoms with Gasteiger partial charge in [0.2, 0.25) is 0 Å². The van der Waals surface area contributed by atoms with E-state index in [0.717, 1.165) is 37.0 Å². The number of ether oxygens (including phenoxy) is 1. The minimum absolute atomic E-state index is 0. The molecule has 1 aromatic heterocycles. The topological polar surface area (TPSA) is 76.4 Å². The third kappa shape index (κ3) is 7.65. The average molecular weight is 500 g/mol. The van der Waals surface area contributed by atoms with Gasteiger partial charge in [-0.2, -0.15) is 0 Å². The van der Waals surface area contributed by atoms with E-state index in [1.54, 1.807) is 13.4 Å². The molecule has 0 aliphatic carbocycles. The maximum atomic E-state index is 5.80. The van der Waals surface area contributed by atoms with Gasteiger partial charge in [0.25, 0.3) is 0 Å². The van der Waals surface area contributed by atoms with Gasteiger partial charge in [-0.05, 0) is 23.1 Å². The monoisotopic (exact) mass is 500 g/mol. The highest BCUT2D eigenvalue weighted by molar-refractivity contribution is 14.0. The third-order valence-corrected chi connectivity index (χ3v) is 4.26. The second-order valence-corrected chi connectivity index (χ2v) is 7.34. The first kappa shape index (κ1) is 24.2. The SMILES string of the molecule is CCc1nncn1CCNC(=NC)NCCOc1ccc(C(C)(C)C)cc1.I. The summed E-state index contributed by atoms with van der Waals surface area (Å²) in [6.45, 7) is 11.5. The number of guanidine groups is 1. The Hall–Kier alpha value is -1.84. The molecule has 0 saturated heterocycles. The van der Waals surface area contributed by atoms with E-state index in [2.05, 4.69) is 65.7 Å². The number of nitrogens with zero attached hydrogens (tertiary/aromatic N) is 4. The fraction of sp³-hybridized carbons (Fsp3) is 0.550. The zero-order chi connectivity index (χ0) is 19.7. The standard InChI is InChI=1S/C20H32N6O.HI/c1-6-18-25-24-15-26(18)13-11-22-19(21-5)23-12-14-27-17-9-7-16(8-10-17)20(2,3)4;/h7-10,15H,6,11-14H2,1-5H3,(H2,21,22,23);1H. The fourth-order valence-electron chi connectivity index (χ4n) is 2.64. The summed E-state index contributed by atoms with van der Waals surface area (Å²) in [5, 5.41) is 14.6. The molecular weight excluding hydrogens is 467 g/mol. The molecule has 1 aromatic carbocycles. The Morgan fingerprint density at radius 2 is 1.82 bits per heavy atom. The van der Waals surface area contributed by atoms with E-state index in [0.29, 0.717) is 13.2 Å². The molecule has 1 heterocycles. The van der Waals surface area contributed by atoms with E-state index in [-0.39, 0.29) is 29.4 Å². The molecule has 0 bridgehead atoms. The number of benzene rings is 1. The highest BCUT2D eigenvalue weighted by Crippen LogP contribution is 2.24. The number of hydrogen-bond acceptors (Lipinski definition) is 4. The Bertz CT molecular complexity index is 721. The first-order valence-corrected chi connectivity index (χ1v) is 9.48. The Balaban J connectivity index is 0.00000392. The van der Waals surface area contributed by atoms with Gasteiger partial charge in [0, 0.05) is 26.6 Å². The van der Waals surface area contributed by atoms with Crippen molar-refractivity contribution >= 4 is 29.9 Å². The predicted molar refractivity (Wildman–Crippen MR) is 125 cm³/mol. The van der Waals surface area contributed by atoms with Crippen LogP contribution in [0.4, 0.5) is 0 Å². The summed E-state index contributed by atoms with van der Waals surface area (Å²) < 4.78 is 7.84. The molecule has 0 saturated carbocycles. The summed E-state index contributed by atoms with van der Waals surface area (Å²) in [7, 11) is 1.76. The minimum Gasteiger partial charge on any atom is -0.492 e. The Labute approximate surface area is 185 Å². The van der Waals surface area contributed by atoms with Crippen molar-refractivity contribution in [2.24, 2.45) is 4.99 Å². The molecule has 2 rings (SSSR count). The zero-order valence-electron chi connectivity index (χ0n) is 17.5. The van der Waals surface area contributed by atoms with Gasteiger partial charge >= 0.3 is 0 Å². The highest BCUT2D eigenvalue weighted by atomic mass is 127. The van der Waals surface area contributed by atoms with Crippen LogP contribution in [0.2, 0.25) is 0 Å². The molecule has 0 unspecified atom stereocenters. The molecule has 0 radical (unpaired) electrons. The Morgan fingerprint density at radius 1 is 1.14 bits per heavy atom. The van der Waals surface area contributed by atoms with Crippen LogP contribution in [0.3, 0.4) is 0 Å². The first-order chi connectivity index (χ1) is 12.9. The van der Waals surface area contributed by atoms with E-state index in [4.69, 9.17) is 4.74 Å². The summed E-state index contributed by atoms with van der Waals surface area (Å²) in [6.07, 6.45) is 2.64. The minimum atomic E-state index is 0.